The lowest BCUT2D eigenvalue weighted by Gasteiger charge is -2.22. The van der Waals surface area contributed by atoms with E-state index in [0.717, 1.165) is 4.47 Å². The van der Waals surface area contributed by atoms with Crippen LogP contribution in [-0.4, -0.2) is 18.5 Å². The predicted octanol–water partition coefficient (Wildman–Crippen LogP) is 3.82. The van der Waals surface area contributed by atoms with Gasteiger partial charge in [0.05, 0.1) is 12.0 Å². The lowest BCUT2D eigenvalue weighted by Crippen LogP contribution is -2.27. The molecular weight excluding hydrogens is 295 g/mol. The maximum absolute atomic E-state index is 13.6. The third kappa shape index (κ3) is 4.40. The maximum Gasteiger partial charge on any atom is 0.127 e. The molecular formula is C14H18BrFN2. The van der Waals surface area contributed by atoms with Crippen LogP contribution in [0.3, 0.4) is 0 Å². The largest absolute Gasteiger partial charge is 0.301 e. The van der Waals surface area contributed by atoms with Gasteiger partial charge in [0.25, 0.3) is 0 Å². The van der Waals surface area contributed by atoms with E-state index in [-0.39, 0.29) is 11.7 Å². The highest BCUT2D eigenvalue weighted by Crippen LogP contribution is 2.18. The second-order valence-corrected chi connectivity index (χ2v) is 5.83. The average molecular weight is 313 g/mol. The summed E-state index contributed by atoms with van der Waals surface area (Å²) in [4.78, 5) is 1.98. The van der Waals surface area contributed by atoms with Gasteiger partial charge in [-0.1, -0.05) is 29.8 Å². The minimum absolute atomic E-state index is 0.0229. The third-order valence-corrected chi connectivity index (χ3v) is 3.42. The third-order valence-electron chi connectivity index (χ3n) is 2.93. The second-order valence-electron chi connectivity index (χ2n) is 4.91. The lowest BCUT2D eigenvalue weighted by atomic mass is 9.97. The van der Waals surface area contributed by atoms with Gasteiger partial charge in [0, 0.05) is 23.1 Å². The van der Waals surface area contributed by atoms with E-state index < -0.39 is 0 Å². The number of halogens is 2. The Bertz CT molecular complexity index is 440. The van der Waals surface area contributed by atoms with Crippen molar-refractivity contribution in [2.45, 2.75) is 20.4 Å². The molecule has 0 spiro atoms. The summed E-state index contributed by atoms with van der Waals surface area (Å²) >= 11 is 3.34. The fourth-order valence-electron chi connectivity index (χ4n) is 1.76. The molecule has 1 aromatic carbocycles. The van der Waals surface area contributed by atoms with Gasteiger partial charge in [0.2, 0.25) is 0 Å². The van der Waals surface area contributed by atoms with Crippen LogP contribution in [0.2, 0.25) is 0 Å². The average Bonchev–Trinajstić information content (AvgIpc) is 2.30. The molecule has 1 aromatic rings. The Morgan fingerprint density at radius 2 is 2.11 bits per heavy atom. The molecule has 0 bridgehead atoms. The summed E-state index contributed by atoms with van der Waals surface area (Å²) in [6.45, 7) is 5.22. The van der Waals surface area contributed by atoms with Crippen LogP contribution in [0.4, 0.5) is 4.39 Å². The first kappa shape index (κ1) is 15.1. The predicted molar refractivity (Wildman–Crippen MR) is 74.4 cm³/mol. The Kier molecular flexibility index (Phi) is 5.77. The van der Waals surface area contributed by atoms with Crippen LogP contribution in [-0.2, 0) is 6.54 Å². The normalized spacial score (nSPS) is 12.8. The molecule has 2 nitrogen and oxygen atoms in total. The zero-order valence-corrected chi connectivity index (χ0v) is 12.5. The topological polar surface area (TPSA) is 27.0 Å². The molecule has 1 rings (SSSR count). The van der Waals surface area contributed by atoms with Crippen LogP contribution in [0.5, 0.6) is 0 Å². The summed E-state index contributed by atoms with van der Waals surface area (Å²) in [6, 6.07) is 7.22. The van der Waals surface area contributed by atoms with Crippen molar-refractivity contribution < 1.29 is 4.39 Å². The van der Waals surface area contributed by atoms with E-state index in [1.165, 1.54) is 6.07 Å². The molecule has 0 amide bonds. The molecule has 0 fully saturated rings. The van der Waals surface area contributed by atoms with Crippen molar-refractivity contribution in [1.82, 2.24) is 4.90 Å². The van der Waals surface area contributed by atoms with Crippen molar-refractivity contribution in [3.63, 3.8) is 0 Å². The van der Waals surface area contributed by atoms with Gasteiger partial charge in [-0.25, -0.2) is 4.39 Å². The zero-order valence-electron chi connectivity index (χ0n) is 11.0. The number of nitrogens with zero attached hydrogens (tertiary/aromatic N) is 2. The highest BCUT2D eigenvalue weighted by Gasteiger charge is 2.15. The van der Waals surface area contributed by atoms with E-state index in [2.05, 4.69) is 22.0 Å². The molecule has 0 heterocycles. The Morgan fingerprint density at radius 3 is 2.67 bits per heavy atom. The molecule has 98 valence electrons. The van der Waals surface area contributed by atoms with Crippen molar-refractivity contribution in [1.29, 1.82) is 5.26 Å². The summed E-state index contributed by atoms with van der Waals surface area (Å²) in [7, 11) is 1.91. The van der Waals surface area contributed by atoms with Crippen LogP contribution in [0.1, 0.15) is 19.4 Å². The van der Waals surface area contributed by atoms with Gasteiger partial charge in [-0.3, -0.25) is 0 Å². The Balaban J connectivity index is 2.67. The van der Waals surface area contributed by atoms with E-state index in [4.69, 9.17) is 5.26 Å². The standard InChI is InChI=1S/C14H18BrFN2/c1-10(2)12(7-17)9-18(3)8-11-6-13(15)4-5-14(11)16/h4-6,10,12H,8-9H2,1-3H3. The van der Waals surface area contributed by atoms with Gasteiger partial charge in [0.1, 0.15) is 5.82 Å². The van der Waals surface area contributed by atoms with Crippen LogP contribution in [0.15, 0.2) is 22.7 Å². The molecule has 0 aliphatic heterocycles. The minimum Gasteiger partial charge on any atom is -0.301 e. The molecule has 0 saturated carbocycles. The Labute approximate surface area is 117 Å². The zero-order chi connectivity index (χ0) is 13.7. The van der Waals surface area contributed by atoms with E-state index in [9.17, 15) is 4.39 Å². The molecule has 0 aliphatic rings. The van der Waals surface area contributed by atoms with Crippen LogP contribution in [0.25, 0.3) is 0 Å². The molecule has 0 aliphatic carbocycles. The monoisotopic (exact) mass is 312 g/mol. The summed E-state index contributed by atoms with van der Waals surface area (Å²) in [5.74, 6) is 0.0816. The molecule has 0 radical (unpaired) electrons. The molecule has 4 heteroatoms. The fraction of sp³-hybridized carbons (Fsp3) is 0.500. The first-order valence-electron chi connectivity index (χ1n) is 5.96. The molecule has 0 saturated heterocycles. The van der Waals surface area contributed by atoms with Crippen LogP contribution >= 0.6 is 15.9 Å². The molecule has 0 N–H and O–H groups in total. The van der Waals surface area contributed by atoms with Crippen LogP contribution < -0.4 is 0 Å². The number of rotatable bonds is 5. The van der Waals surface area contributed by atoms with E-state index in [1.54, 1.807) is 12.1 Å². The van der Waals surface area contributed by atoms with E-state index in [1.807, 2.05) is 25.8 Å². The molecule has 0 aromatic heterocycles. The quantitative estimate of drug-likeness (QED) is 0.826. The van der Waals surface area contributed by atoms with Gasteiger partial charge in [-0.05, 0) is 31.2 Å². The van der Waals surface area contributed by atoms with Crippen molar-refractivity contribution in [3.8, 4) is 6.07 Å². The summed E-state index contributed by atoms with van der Waals surface area (Å²) < 4.78 is 14.5. The van der Waals surface area contributed by atoms with Gasteiger partial charge in [-0.2, -0.15) is 5.26 Å². The first-order chi connectivity index (χ1) is 8.43. The van der Waals surface area contributed by atoms with Crippen molar-refractivity contribution in [2.24, 2.45) is 11.8 Å². The van der Waals surface area contributed by atoms with Gasteiger partial charge in [-0.15, -0.1) is 0 Å². The summed E-state index contributed by atoms with van der Waals surface area (Å²) in [5.41, 5.74) is 0.646. The second kappa shape index (κ2) is 6.86. The lowest BCUT2D eigenvalue weighted by molar-refractivity contribution is 0.262. The summed E-state index contributed by atoms with van der Waals surface area (Å²) in [6.07, 6.45) is 0. The van der Waals surface area contributed by atoms with Crippen LogP contribution in [0, 0.1) is 29.0 Å². The number of benzene rings is 1. The van der Waals surface area contributed by atoms with Crippen molar-refractivity contribution in [3.05, 3.63) is 34.1 Å². The fourth-order valence-corrected chi connectivity index (χ4v) is 2.16. The first-order valence-corrected chi connectivity index (χ1v) is 6.75. The Hall–Kier alpha value is -0.920. The number of hydrogen-bond acceptors (Lipinski definition) is 2. The molecule has 1 atom stereocenters. The SMILES string of the molecule is CC(C)C(C#N)CN(C)Cc1cc(Br)ccc1F. The molecule has 18 heavy (non-hydrogen) atoms. The minimum atomic E-state index is -0.205. The number of hydrogen-bond donors (Lipinski definition) is 0. The van der Waals surface area contributed by atoms with Gasteiger partial charge >= 0.3 is 0 Å². The van der Waals surface area contributed by atoms with Gasteiger partial charge < -0.3 is 4.90 Å². The number of nitriles is 1. The van der Waals surface area contributed by atoms with Crippen molar-refractivity contribution in [2.75, 3.05) is 13.6 Å². The van der Waals surface area contributed by atoms with Gasteiger partial charge in [0.15, 0.2) is 0 Å². The highest BCUT2D eigenvalue weighted by molar-refractivity contribution is 9.10. The highest BCUT2D eigenvalue weighted by atomic mass is 79.9. The van der Waals surface area contributed by atoms with E-state index >= 15 is 0 Å². The van der Waals surface area contributed by atoms with E-state index in [0.29, 0.717) is 24.6 Å². The smallest absolute Gasteiger partial charge is 0.127 e. The molecule has 1 unspecified atom stereocenters. The maximum atomic E-state index is 13.6. The van der Waals surface area contributed by atoms with Crippen molar-refractivity contribution >= 4 is 15.9 Å². The Morgan fingerprint density at radius 1 is 1.44 bits per heavy atom. The summed E-state index contributed by atoms with van der Waals surface area (Å²) in [5, 5.41) is 9.05.